The van der Waals surface area contributed by atoms with E-state index in [0.29, 0.717) is 0 Å². The normalized spacial score (nSPS) is 13.6. The number of rotatable bonds is 4. The van der Waals surface area contributed by atoms with Crippen molar-refractivity contribution >= 4 is 21.4 Å². The highest BCUT2D eigenvalue weighted by molar-refractivity contribution is 7.92. The third-order valence-corrected chi connectivity index (χ3v) is 5.16. The molecule has 0 bridgehead atoms. The van der Waals surface area contributed by atoms with Crippen LogP contribution in [0.25, 0.3) is 0 Å². The summed E-state index contributed by atoms with van der Waals surface area (Å²) in [7, 11) is -3.97. The number of anilines is 1. The van der Waals surface area contributed by atoms with Gasteiger partial charge in [-0.1, -0.05) is 17.9 Å². The highest BCUT2D eigenvalue weighted by atomic mass is 32.2. The van der Waals surface area contributed by atoms with Crippen LogP contribution >= 0.6 is 0 Å². The fraction of sp³-hybridized carbons (Fsp3) is 0.200. The Morgan fingerprint density at radius 2 is 1.78 bits per heavy atom. The molecular weight excluding hydrogens is 320 g/mol. The second-order valence-electron chi connectivity index (χ2n) is 5.33. The Hall–Kier alpha value is -2.61. The number of hydrogen-bond acceptors (Lipinski definition) is 5. The minimum absolute atomic E-state index is 0.0454. The summed E-state index contributed by atoms with van der Waals surface area (Å²) in [4.78, 5) is 10.1. The molecule has 0 heterocycles. The molecule has 0 saturated carbocycles. The van der Waals surface area contributed by atoms with Crippen LogP contribution in [0, 0.1) is 10.1 Å². The summed E-state index contributed by atoms with van der Waals surface area (Å²) in [6.45, 7) is 0. The summed E-state index contributed by atoms with van der Waals surface area (Å²) < 4.78 is 27.0. The molecule has 23 heavy (non-hydrogen) atoms. The van der Waals surface area contributed by atoms with Crippen LogP contribution in [0.1, 0.15) is 17.5 Å². The van der Waals surface area contributed by atoms with E-state index in [1.807, 2.05) is 0 Å². The SMILES string of the molecule is O=[N+]([O-])c1ccc([O-])c(NS(=O)(=O)c2ccc3c(c2)CCC3)c1. The van der Waals surface area contributed by atoms with E-state index in [1.165, 1.54) is 6.07 Å². The van der Waals surface area contributed by atoms with E-state index in [9.17, 15) is 23.6 Å². The van der Waals surface area contributed by atoms with Crippen molar-refractivity contribution in [2.45, 2.75) is 24.2 Å². The molecule has 0 unspecified atom stereocenters. The summed E-state index contributed by atoms with van der Waals surface area (Å²) >= 11 is 0. The average molecular weight is 333 g/mol. The predicted octanol–water partition coefficient (Wildman–Crippen LogP) is 1.96. The lowest BCUT2D eigenvalue weighted by Gasteiger charge is -2.15. The van der Waals surface area contributed by atoms with Gasteiger partial charge in [0.05, 0.1) is 9.82 Å². The summed E-state index contributed by atoms with van der Waals surface area (Å²) in [6.07, 6.45) is 2.74. The van der Waals surface area contributed by atoms with Gasteiger partial charge >= 0.3 is 0 Å². The Kier molecular flexibility index (Phi) is 3.69. The molecule has 0 fully saturated rings. The van der Waals surface area contributed by atoms with Crippen molar-refractivity contribution in [3.8, 4) is 5.75 Å². The molecule has 0 aromatic heterocycles. The molecule has 3 rings (SSSR count). The highest BCUT2D eigenvalue weighted by Gasteiger charge is 2.19. The molecule has 8 heteroatoms. The van der Waals surface area contributed by atoms with Gasteiger partial charge in [0.2, 0.25) is 0 Å². The van der Waals surface area contributed by atoms with Crippen LogP contribution in [-0.2, 0) is 22.9 Å². The van der Waals surface area contributed by atoms with E-state index in [0.717, 1.165) is 48.6 Å². The Morgan fingerprint density at radius 3 is 2.52 bits per heavy atom. The lowest BCUT2D eigenvalue weighted by Crippen LogP contribution is -2.15. The van der Waals surface area contributed by atoms with Gasteiger partial charge in [-0.25, -0.2) is 8.42 Å². The summed E-state index contributed by atoms with van der Waals surface area (Å²) in [6, 6.07) is 7.77. The second-order valence-corrected chi connectivity index (χ2v) is 7.01. The standard InChI is InChI=1S/C15H14N2O5S/c18-15-7-5-12(17(19)20)9-14(15)16-23(21,22)13-6-4-10-2-1-3-11(10)8-13/h4-9,16,18H,1-3H2/p-1. The maximum absolute atomic E-state index is 12.4. The number of nitrogens with one attached hydrogen (secondary N) is 1. The lowest BCUT2D eigenvalue weighted by atomic mass is 10.1. The van der Waals surface area contributed by atoms with Crippen LogP contribution in [0.4, 0.5) is 11.4 Å². The van der Waals surface area contributed by atoms with E-state index in [-0.39, 0.29) is 16.3 Å². The van der Waals surface area contributed by atoms with E-state index in [4.69, 9.17) is 0 Å². The van der Waals surface area contributed by atoms with Crippen LogP contribution in [0.15, 0.2) is 41.3 Å². The maximum Gasteiger partial charge on any atom is 0.271 e. The van der Waals surface area contributed by atoms with Crippen molar-refractivity contribution in [2.24, 2.45) is 0 Å². The van der Waals surface area contributed by atoms with Crippen molar-refractivity contribution < 1.29 is 18.4 Å². The van der Waals surface area contributed by atoms with Gasteiger partial charge < -0.3 is 5.11 Å². The summed E-state index contributed by atoms with van der Waals surface area (Å²) in [5, 5.41) is 22.5. The van der Waals surface area contributed by atoms with Crippen LogP contribution in [0.5, 0.6) is 5.75 Å². The summed E-state index contributed by atoms with van der Waals surface area (Å²) in [5.74, 6) is -0.625. The number of nitro groups is 1. The zero-order chi connectivity index (χ0) is 16.6. The second kappa shape index (κ2) is 5.54. The van der Waals surface area contributed by atoms with Gasteiger partial charge in [-0.2, -0.15) is 0 Å². The van der Waals surface area contributed by atoms with Gasteiger partial charge in [0, 0.05) is 17.8 Å². The average Bonchev–Trinajstić information content (AvgIpc) is 2.96. The zero-order valence-corrected chi connectivity index (χ0v) is 12.8. The first-order valence-electron chi connectivity index (χ1n) is 6.97. The molecule has 0 amide bonds. The zero-order valence-electron chi connectivity index (χ0n) is 12.0. The first kappa shape index (κ1) is 15.3. The van der Waals surface area contributed by atoms with Crippen molar-refractivity contribution in [2.75, 3.05) is 4.72 Å². The molecule has 2 aromatic rings. The fourth-order valence-corrected chi connectivity index (χ4v) is 3.74. The number of fused-ring (bicyclic) bond motifs is 1. The summed E-state index contributed by atoms with van der Waals surface area (Å²) in [5.41, 5.74) is 1.43. The molecule has 0 spiro atoms. The molecular formula is C15H13N2O5S-. The Morgan fingerprint density at radius 1 is 1.04 bits per heavy atom. The molecule has 0 radical (unpaired) electrons. The quantitative estimate of drug-likeness (QED) is 0.679. The van der Waals surface area contributed by atoms with Gasteiger partial charge in [-0.15, -0.1) is 0 Å². The fourth-order valence-electron chi connectivity index (χ4n) is 2.63. The Bertz CT molecular complexity index is 893. The van der Waals surface area contributed by atoms with E-state index in [2.05, 4.69) is 4.72 Å². The molecule has 7 nitrogen and oxygen atoms in total. The van der Waals surface area contributed by atoms with E-state index < -0.39 is 20.7 Å². The van der Waals surface area contributed by atoms with Crippen molar-refractivity contribution in [1.82, 2.24) is 0 Å². The van der Waals surface area contributed by atoms with E-state index in [1.54, 1.807) is 12.1 Å². The molecule has 0 aliphatic heterocycles. The van der Waals surface area contributed by atoms with Crippen LogP contribution in [0.2, 0.25) is 0 Å². The number of nitrogens with zero attached hydrogens (tertiary/aromatic N) is 1. The van der Waals surface area contributed by atoms with Crippen LogP contribution in [-0.4, -0.2) is 13.3 Å². The minimum atomic E-state index is -3.97. The molecule has 2 aromatic carbocycles. The topological polar surface area (TPSA) is 112 Å². The number of nitro benzene ring substituents is 1. The van der Waals surface area contributed by atoms with Gasteiger partial charge in [-0.3, -0.25) is 14.8 Å². The Labute approximate surface area is 132 Å². The lowest BCUT2D eigenvalue weighted by molar-refractivity contribution is -0.385. The first-order chi connectivity index (χ1) is 10.9. The molecule has 0 saturated heterocycles. The van der Waals surface area contributed by atoms with E-state index >= 15 is 0 Å². The molecule has 0 atom stereocenters. The van der Waals surface area contributed by atoms with Crippen LogP contribution in [0.3, 0.4) is 0 Å². The van der Waals surface area contributed by atoms with Crippen molar-refractivity contribution in [1.29, 1.82) is 0 Å². The number of non-ortho nitro benzene ring substituents is 1. The Balaban J connectivity index is 1.95. The van der Waals surface area contributed by atoms with Crippen molar-refractivity contribution in [3.05, 3.63) is 57.6 Å². The predicted molar refractivity (Wildman–Crippen MR) is 81.8 cm³/mol. The first-order valence-corrected chi connectivity index (χ1v) is 8.45. The number of hydrogen-bond donors (Lipinski definition) is 1. The maximum atomic E-state index is 12.4. The molecule has 1 aliphatic carbocycles. The highest BCUT2D eigenvalue weighted by Crippen LogP contribution is 2.29. The third kappa shape index (κ3) is 2.98. The minimum Gasteiger partial charge on any atom is -0.871 e. The largest absolute Gasteiger partial charge is 0.871 e. The van der Waals surface area contributed by atoms with Gasteiger partial charge in [0.1, 0.15) is 0 Å². The monoisotopic (exact) mass is 333 g/mol. The molecule has 1 N–H and O–H groups in total. The smallest absolute Gasteiger partial charge is 0.271 e. The van der Waals surface area contributed by atoms with Crippen LogP contribution < -0.4 is 9.83 Å². The number of benzene rings is 2. The van der Waals surface area contributed by atoms with Gasteiger partial charge in [0.15, 0.2) is 0 Å². The van der Waals surface area contributed by atoms with Gasteiger partial charge in [-0.05, 0) is 42.5 Å². The van der Waals surface area contributed by atoms with Crippen molar-refractivity contribution in [3.63, 3.8) is 0 Å². The molecule has 1 aliphatic rings. The number of sulfonamides is 1. The van der Waals surface area contributed by atoms with Gasteiger partial charge in [0.25, 0.3) is 15.7 Å². The third-order valence-electron chi connectivity index (χ3n) is 3.80. The number of aryl methyl sites for hydroxylation is 2. The molecule has 120 valence electrons.